The smallest absolute Gasteiger partial charge is 0.149 e. The number of aliphatic hydroxyl groups is 1. The number of H-pyrrole nitrogens is 1. The Morgan fingerprint density at radius 1 is 0.827 bits per heavy atom. The number of nitrogens with two attached hydrogens (primary N) is 4. The van der Waals surface area contributed by atoms with E-state index in [4.69, 9.17) is 46.2 Å². The number of nitrogens with zero attached hydrogens (tertiary/aromatic N) is 8. The average molecular weight is 1280 g/mol. The van der Waals surface area contributed by atoms with Gasteiger partial charge in [-0.3, -0.25) is 21.2 Å². The summed E-state index contributed by atoms with van der Waals surface area (Å²) in [6.45, 7) is 8.72. The molecule has 25 nitrogen and oxygen atoms in total. The molecular weight excluding hydrogens is 1190 g/mol. The van der Waals surface area contributed by atoms with Crippen LogP contribution in [-0.2, 0) is 63.7 Å². The molecule has 3 fully saturated rings. The number of methoxy groups -OCH3 is 1. The number of fused-ring (bicyclic) bond motifs is 3. The molecule has 3 saturated carbocycles. The second kappa shape index (κ2) is 31.9. The number of sulfone groups is 4. The van der Waals surface area contributed by atoms with Gasteiger partial charge in [-0.05, 0) is 97.4 Å². The van der Waals surface area contributed by atoms with Crippen LogP contribution in [0.5, 0.6) is 5.75 Å². The Bertz CT molecular complexity index is 3510. The molecule has 6 aromatic rings. The number of carbonyl (C=O) groups excluding carboxylic acids is 1. The van der Waals surface area contributed by atoms with Gasteiger partial charge in [-0.2, -0.15) is 15.5 Å². The lowest BCUT2D eigenvalue weighted by atomic mass is 10.00. The first-order valence-corrected chi connectivity index (χ1v) is 35.3. The maximum Gasteiger partial charge on any atom is 0.149 e. The number of ketones is 1. The maximum atomic E-state index is 11.9. The lowest BCUT2D eigenvalue weighted by Gasteiger charge is -2.10. The van der Waals surface area contributed by atoms with Crippen molar-refractivity contribution >= 4 is 88.8 Å². The number of anilines is 1. The Kier molecular flexibility index (Phi) is 27.5. The molecule has 0 radical (unpaired) electrons. The fraction of sp³-hybridized carbons (Fsp3) is 0.588. The van der Waals surface area contributed by atoms with E-state index in [-0.39, 0.29) is 47.7 Å². The van der Waals surface area contributed by atoms with Crippen LogP contribution in [-0.4, -0.2) is 158 Å². The number of alkyl halides is 1. The first-order chi connectivity index (χ1) is 37.9. The second-order valence-electron chi connectivity index (χ2n) is 19.8. The molecule has 30 heteroatoms. The van der Waals surface area contributed by atoms with Gasteiger partial charge >= 0.3 is 0 Å². The molecule has 0 unspecified atom stereocenters. The number of aryl methyl sites for hydroxylation is 5. The minimum absolute atomic E-state index is 0.0404. The van der Waals surface area contributed by atoms with Gasteiger partial charge in [0.2, 0.25) is 0 Å². The van der Waals surface area contributed by atoms with Gasteiger partial charge in [-0.1, -0.05) is 21.1 Å². The molecule has 0 saturated heterocycles. The number of hydrazine groups is 1. The van der Waals surface area contributed by atoms with Crippen LogP contribution >= 0.6 is 15.9 Å². The Balaban J connectivity index is 0.000000325. The molecule has 0 amide bonds. The molecule has 0 aliphatic heterocycles. The third-order valence-corrected chi connectivity index (χ3v) is 16.9. The van der Waals surface area contributed by atoms with E-state index in [1.807, 2.05) is 49.7 Å². The van der Waals surface area contributed by atoms with Gasteiger partial charge in [-0.15, -0.1) is 0 Å². The van der Waals surface area contributed by atoms with Crippen LogP contribution in [0.15, 0.2) is 28.8 Å². The molecule has 5 aromatic heterocycles. The number of aromatic amines is 1. The van der Waals surface area contributed by atoms with E-state index in [1.54, 1.807) is 18.7 Å². The average Bonchev–Trinajstić information content (AvgIpc) is 4.32. The number of nitrogens with one attached hydrogen (secondary N) is 1. The fourth-order valence-corrected chi connectivity index (χ4v) is 11.5. The van der Waals surface area contributed by atoms with Gasteiger partial charge < -0.3 is 30.8 Å². The summed E-state index contributed by atoms with van der Waals surface area (Å²) in [7, 11) is -9.91. The summed E-state index contributed by atoms with van der Waals surface area (Å²) in [5, 5.41) is 31.2. The van der Waals surface area contributed by atoms with Crippen LogP contribution < -0.4 is 27.9 Å². The number of aliphatic hydroxyl groups excluding tert-OH is 1. The number of nitriles is 1. The molecule has 3 aliphatic carbocycles. The molecular formula is C51H80BrN13O12S4. The molecule has 9 rings (SSSR count). The van der Waals surface area contributed by atoms with Crippen LogP contribution in [0.25, 0.3) is 33.1 Å². The zero-order chi connectivity index (χ0) is 61.0. The fourth-order valence-electron chi connectivity index (χ4n) is 7.77. The van der Waals surface area contributed by atoms with Crippen LogP contribution in [0.4, 0.5) is 5.82 Å². The SMILES string of the molecule is CCO.COc1cc2c(cc1-c1c(C)noc1C)[nH]c1nc(C)nc(Cc3cc(C4CC4)nn3CCS(C)(=O)=O)c12.CS(=O)(=O)CCBr.CS(=O)(=O)CCCN.CS(=O)(=O)CCn1nc(C2CC2)cc1N.N#CCC(=O)C1CC1.NN. The molecule has 452 valence electrons. The van der Waals surface area contributed by atoms with Gasteiger partial charge in [0.15, 0.2) is 0 Å². The third kappa shape index (κ3) is 24.5. The highest BCUT2D eigenvalue weighted by Crippen LogP contribution is 2.42. The molecule has 0 bridgehead atoms. The van der Waals surface area contributed by atoms with Crippen LogP contribution in [0.3, 0.4) is 0 Å². The molecule has 0 spiro atoms. The molecule has 0 atom stereocenters. The van der Waals surface area contributed by atoms with Crippen molar-refractivity contribution < 1.29 is 52.8 Å². The molecule has 5 heterocycles. The highest BCUT2D eigenvalue weighted by molar-refractivity contribution is 9.09. The number of hydrogen-bond donors (Lipinski definition) is 6. The van der Waals surface area contributed by atoms with E-state index < -0.39 is 39.3 Å². The lowest BCUT2D eigenvalue weighted by Crippen LogP contribution is -2.15. The van der Waals surface area contributed by atoms with Gasteiger partial charge in [0.1, 0.15) is 73.9 Å². The predicted octanol–water partition coefficient (Wildman–Crippen LogP) is 4.30. The van der Waals surface area contributed by atoms with Gasteiger partial charge in [-0.25, -0.2) is 48.3 Å². The highest BCUT2D eigenvalue weighted by Gasteiger charge is 2.30. The topological polar surface area (TPSA) is 414 Å². The number of hydrogen-bond acceptors (Lipinski definition) is 22. The Morgan fingerprint density at radius 3 is 1.79 bits per heavy atom. The monoisotopic (exact) mass is 1270 g/mol. The number of nitrogen functional groups attached to an aromatic ring is 1. The van der Waals surface area contributed by atoms with E-state index in [1.165, 1.54) is 37.9 Å². The summed E-state index contributed by atoms with van der Waals surface area (Å²) in [6.07, 6.45) is 12.7. The lowest BCUT2D eigenvalue weighted by molar-refractivity contribution is -0.119. The summed E-state index contributed by atoms with van der Waals surface area (Å²) in [5.41, 5.74) is 18.9. The van der Waals surface area contributed by atoms with Crippen LogP contribution in [0.1, 0.15) is 110 Å². The first kappa shape index (κ1) is 69.9. The number of rotatable bonds is 19. The molecule has 1 aromatic carbocycles. The van der Waals surface area contributed by atoms with Gasteiger partial charge in [0.25, 0.3) is 0 Å². The molecule has 10 N–H and O–H groups in total. The molecule has 81 heavy (non-hydrogen) atoms. The van der Waals surface area contributed by atoms with Crippen molar-refractivity contribution in [2.24, 2.45) is 23.3 Å². The van der Waals surface area contributed by atoms with Crippen molar-refractivity contribution in [3.8, 4) is 22.9 Å². The Labute approximate surface area is 484 Å². The van der Waals surface area contributed by atoms with Gasteiger partial charge in [0, 0.05) is 94.7 Å². The molecule has 3 aliphatic rings. The maximum absolute atomic E-state index is 11.9. The van der Waals surface area contributed by atoms with E-state index in [9.17, 15) is 38.5 Å². The first-order valence-electron chi connectivity index (χ1n) is 26.0. The van der Waals surface area contributed by atoms with Crippen molar-refractivity contribution in [2.75, 3.05) is 79.4 Å². The normalized spacial score (nSPS) is 13.9. The zero-order valence-corrected chi connectivity index (χ0v) is 52.5. The number of halogens is 1. The largest absolute Gasteiger partial charge is 0.496 e. The Hall–Kier alpha value is -5.39. The van der Waals surface area contributed by atoms with E-state index in [0.717, 1.165) is 93.0 Å². The van der Waals surface area contributed by atoms with Crippen molar-refractivity contribution in [1.82, 2.24) is 39.7 Å². The Morgan fingerprint density at radius 2 is 1.36 bits per heavy atom. The summed E-state index contributed by atoms with van der Waals surface area (Å²) < 4.78 is 101. The van der Waals surface area contributed by atoms with E-state index in [2.05, 4.69) is 48.9 Å². The van der Waals surface area contributed by atoms with Gasteiger partial charge in [0.05, 0.1) is 84.0 Å². The second-order valence-corrected chi connectivity index (χ2v) is 29.7. The number of aromatic nitrogens is 8. The number of Topliss-reactive ketones (excluding diaryl/α,β-unsaturated/α-hetero) is 1. The standard InChI is InChI=1S/C27H30N6O4S.C9H15N3O2S.C6H7NO.C4H11NO2S.C3H7BrO2S.C2H6O.H4N2/c1-14-25(15(2)37-32-14)20-12-22-19(13-24(20)36-4)26-23(28-16(3)29-27(26)30-22)11-18-10-21(17-6-7-17)31-33(18)8-9-38(5,34)35;1-15(13,14)5-4-12-9(10)6-8(11-12)7-2-3-7;7-4-3-6(8)5-1-2-5;1-8(6,7)4-2-3-5;1-7(5,6)3-2-4;1-2-3;1-2/h10,12-13,17H,6-9,11H2,1-5H3,(H,28,29,30);6-7H,2-5,10H2,1H3;5H,1-3H2;2-5H2,1H3;2-3H2,1H3;3H,2H2,1H3;1-2H2. The van der Waals surface area contributed by atoms with E-state index in [0.29, 0.717) is 67.0 Å². The van der Waals surface area contributed by atoms with Crippen molar-refractivity contribution in [3.63, 3.8) is 0 Å². The number of carbonyl (C=O) groups is 1. The number of ether oxygens (including phenoxy) is 1. The van der Waals surface area contributed by atoms with Crippen molar-refractivity contribution in [1.29, 1.82) is 5.26 Å². The third-order valence-electron chi connectivity index (χ3n) is 12.1. The quantitative estimate of drug-likeness (QED) is 0.0374. The predicted molar refractivity (Wildman–Crippen MR) is 319 cm³/mol. The van der Waals surface area contributed by atoms with Crippen LogP contribution in [0.2, 0.25) is 0 Å². The summed E-state index contributed by atoms with van der Waals surface area (Å²) >= 11 is 3.01. The summed E-state index contributed by atoms with van der Waals surface area (Å²) in [5.74, 6) is 12.6. The van der Waals surface area contributed by atoms with Crippen LogP contribution in [0, 0.1) is 38.0 Å². The minimum atomic E-state index is -3.12. The summed E-state index contributed by atoms with van der Waals surface area (Å²) in [6, 6.07) is 9.84. The number of benzene rings is 1. The van der Waals surface area contributed by atoms with E-state index >= 15 is 0 Å². The highest BCUT2D eigenvalue weighted by atomic mass is 79.9. The van der Waals surface area contributed by atoms with Crippen molar-refractivity contribution in [3.05, 3.63) is 64.3 Å². The zero-order valence-electron chi connectivity index (χ0n) is 47.6. The minimum Gasteiger partial charge on any atom is -0.496 e. The van der Waals surface area contributed by atoms with Crippen molar-refractivity contribution in [2.45, 2.75) is 110 Å². The summed E-state index contributed by atoms with van der Waals surface area (Å²) in [4.78, 5) is 23.6.